The van der Waals surface area contributed by atoms with Crippen LogP contribution in [0.5, 0.6) is 0 Å². The summed E-state index contributed by atoms with van der Waals surface area (Å²) in [6.07, 6.45) is -0.523. The number of nitrogens with one attached hydrogen (secondary N) is 3. The lowest BCUT2D eigenvalue weighted by Gasteiger charge is -2.22. The van der Waals surface area contributed by atoms with Crippen LogP contribution >= 0.6 is 0 Å². The minimum absolute atomic E-state index is 0.0913. The highest BCUT2D eigenvalue weighted by molar-refractivity contribution is 7.89. The smallest absolute Gasteiger partial charge is 0.250 e. The number of carbonyl (C=O) groups is 1. The second-order valence-electron chi connectivity index (χ2n) is 3.67. The summed E-state index contributed by atoms with van der Waals surface area (Å²) in [5.74, 6) is -0.392. The van der Waals surface area contributed by atoms with Gasteiger partial charge in [0.2, 0.25) is 15.9 Å². The monoisotopic (exact) mass is 265 g/mol. The van der Waals surface area contributed by atoms with E-state index in [-0.39, 0.29) is 18.2 Å². The van der Waals surface area contributed by atoms with Crippen LogP contribution in [-0.2, 0) is 19.6 Å². The number of amides is 1. The summed E-state index contributed by atoms with van der Waals surface area (Å²) in [5, 5.41) is 5.57. The average Bonchev–Trinajstić information content (AvgIpc) is 2.29. The van der Waals surface area contributed by atoms with Crippen LogP contribution in [0.25, 0.3) is 0 Å². The number of hydrogen-bond acceptors (Lipinski definition) is 5. The van der Waals surface area contributed by atoms with Crippen LogP contribution in [-0.4, -0.2) is 59.0 Å². The molecule has 0 radical (unpaired) electrons. The third-order valence-corrected chi connectivity index (χ3v) is 3.72. The van der Waals surface area contributed by atoms with E-state index in [1.807, 2.05) is 0 Å². The van der Waals surface area contributed by atoms with E-state index in [1.54, 1.807) is 6.92 Å². The Bertz CT molecular complexity index is 338. The van der Waals surface area contributed by atoms with Crippen molar-refractivity contribution in [3.05, 3.63) is 0 Å². The molecule has 0 aromatic rings. The summed E-state index contributed by atoms with van der Waals surface area (Å²) in [4.78, 5) is 11.6. The SMILES string of the molecule is CCNS(=O)(=O)CCNC(=O)C1CNCCO1. The maximum Gasteiger partial charge on any atom is 0.250 e. The van der Waals surface area contributed by atoms with Gasteiger partial charge in [0.25, 0.3) is 0 Å². The normalized spacial score (nSPS) is 21.1. The first-order chi connectivity index (χ1) is 8.05. The van der Waals surface area contributed by atoms with E-state index in [4.69, 9.17) is 4.74 Å². The number of morpholine rings is 1. The van der Waals surface area contributed by atoms with Gasteiger partial charge in [-0.2, -0.15) is 0 Å². The summed E-state index contributed by atoms with van der Waals surface area (Å²) >= 11 is 0. The third kappa shape index (κ3) is 5.44. The largest absolute Gasteiger partial charge is 0.366 e. The molecule has 8 heteroatoms. The van der Waals surface area contributed by atoms with Crippen molar-refractivity contribution in [2.45, 2.75) is 13.0 Å². The van der Waals surface area contributed by atoms with Crippen molar-refractivity contribution in [1.82, 2.24) is 15.4 Å². The van der Waals surface area contributed by atoms with E-state index in [1.165, 1.54) is 0 Å². The maximum absolute atomic E-state index is 11.6. The topological polar surface area (TPSA) is 96.5 Å². The quantitative estimate of drug-likeness (QED) is 0.518. The van der Waals surface area contributed by atoms with Crippen LogP contribution in [0.1, 0.15) is 6.92 Å². The Hall–Kier alpha value is -0.700. The lowest BCUT2D eigenvalue weighted by atomic mass is 10.3. The van der Waals surface area contributed by atoms with Crippen LogP contribution in [0.3, 0.4) is 0 Å². The number of ether oxygens (including phenoxy) is 1. The molecule has 1 heterocycles. The molecule has 0 aromatic heterocycles. The Morgan fingerprint density at radius 2 is 2.29 bits per heavy atom. The zero-order valence-electron chi connectivity index (χ0n) is 9.86. The lowest BCUT2D eigenvalue weighted by Crippen LogP contribution is -2.48. The summed E-state index contributed by atoms with van der Waals surface area (Å²) in [5.41, 5.74) is 0. The van der Waals surface area contributed by atoms with E-state index in [0.29, 0.717) is 19.7 Å². The molecule has 1 rings (SSSR count). The lowest BCUT2D eigenvalue weighted by molar-refractivity contribution is -0.134. The van der Waals surface area contributed by atoms with E-state index < -0.39 is 16.1 Å². The van der Waals surface area contributed by atoms with Gasteiger partial charge in [-0.25, -0.2) is 13.1 Å². The zero-order valence-corrected chi connectivity index (χ0v) is 10.7. The van der Waals surface area contributed by atoms with Crippen molar-refractivity contribution in [2.24, 2.45) is 0 Å². The van der Waals surface area contributed by atoms with Gasteiger partial charge in [0.05, 0.1) is 12.4 Å². The van der Waals surface area contributed by atoms with E-state index in [0.717, 1.165) is 6.54 Å². The predicted octanol–water partition coefficient (Wildman–Crippen LogP) is -1.97. The Labute approximate surface area is 101 Å². The van der Waals surface area contributed by atoms with E-state index in [2.05, 4.69) is 15.4 Å². The van der Waals surface area contributed by atoms with Gasteiger partial charge in [-0.1, -0.05) is 6.92 Å². The minimum Gasteiger partial charge on any atom is -0.366 e. The molecule has 1 atom stereocenters. The number of carbonyl (C=O) groups excluding carboxylic acids is 1. The van der Waals surface area contributed by atoms with Crippen molar-refractivity contribution in [2.75, 3.05) is 38.5 Å². The Morgan fingerprint density at radius 1 is 1.53 bits per heavy atom. The van der Waals surface area contributed by atoms with E-state index >= 15 is 0 Å². The highest BCUT2D eigenvalue weighted by Gasteiger charge is 2.21. The summed E-state index contributed by atoms with van der Waals surface area (Å²) in [6, 6.07) is 0. The number of rotatable bonds is 6. The van der Waals surface area contributed by atoms with Gasteiger partial charge < -0.3 is 15.4 Å². The maximum atomic E-state index is 11.6. The molecule has 1 aliphatic heterocycles. The molecule has 1 amide bonds. The Balaban J connectivity index is 2.24. The van der Waals surface area contributed by atoms with Gasteiger partial charge in [-0.05, 0) is 0 Å². The van der Waals surface area contributed by atoms with Gasteiger partial charge in [-0.3, -0.25) is 4.79 Å². The average molecular weight is 265 g/mol. The van der Waals surface area contributed by atoms with Crippen LogP contribution in [0.2, 0.25) is 0 Å². The minimum atomic E-state index is -3.28. The molecule has 0 bridgehead atoms. The molecule has 0 saturated carbocycles. The molecule has 1 saturated heterocycles. The molecule has 1 unspecified atom stereocenters. The van der Waals surface area contributed by atoms with Crippen molar-refractivity contribution in [3.63, 3.8) is 0 Å². The van der Waals surface area contributed by atoms with Gasteiger partial charge in [0.1, 0.15) is 6.10 Å². The fourth-order valence-electron chi connectivity index (χ4n) is 1.45. The molecule has 1 aliphatic rings. The van der Waals surface area contributed by atoms with Gasteiger partial charge in [0.15, 0.2) is 0 Å². The highest BCUT2D eigenvalue weighted by Crippen LogP contribution is 1.95. The molecule has 7 nitrogen and oxygen atoms in total. The standard InChI is InChI=1S/C9H19N3O4S/c1-2-12-17(14,15)6-4-11-9(13)8-7-10-3-5-16-8/h8,10,12H,2-7H2,1H3,(H,11,13). The first-order valence-electron chi connectivity index (χ1n) is 5.62. The number of sulfonamides is 1. The van der Waals surface area contributed by atoms with Crippen LogP contribution in [0.15, 0.2) is 0 Å². The second kappa shape index (κ2) is 6.90. The fraction of sp³-hybridized carbons (Fsp3) is 0.889. The van der Waals surface area contributed by atoms with Crippen LogP contribution < -0.4 is 15.4 Å². The Kier molecular flexibility index (Phi) is 5.83. The van der Waals surface area contributed by atoms with Crippen molar-refractivity contribution in [3.8, 4) is 0 Å². The van der Waals surface area contributed by atoms with E-state index in [9.17, 15) is 13.2 Å². The molecule has 100 valence electrons. The molecule has 17 heavy (non-hydrogen) atoms. The fourth-order valence-corrected chi connectivity index (χ4v) is 2.40. The predicted molar refractivity (Wildman–Crippen MR) is 63.1 cm³/mol. The van der Waals surface area contributed by atoms with Gasteiger partial charge in [0, 0.05) is 26.2 Å². The summed E-state index contributed by atoms with van der Waals surface area (Å²) in [6.45, 7) is 3.84. The number of hydrogen-bond donors (Lipinski definition) is 3. The first-order valence-corrected chi connectivity index (χ1v) is 7.28. The van der Waals surface area contributed by atoms with Crippen molar-refractivity contribution >= 4 is 15.9 Å². The van der Waals surface area contributed by atoms with Crippen molar-refractivity contribution < 1.29 is 17.9 Å². The Morgan fingerprint density at radius 3 is 2.88 bits per heavy atom. The summed E-state index contributed by atoms with van der Waals surface area (Å²) < 4.78 is 30.1. The van der Waals surface area contributed by atoms with Crippen molar-refractivity contribution in [1.29, 1.82) is 0 Å². The third-order valence-electron chi connectivity index (χ3n) is 2.25. The molecule has 3 N–H and O–H groups in total. The molecular formula is C9H19N3O4S. The highest BCUT2D eigenvalue weighted by atomic mass is 32.2. The molecule has 0 aromatic carbocycles. The van der Waals surface area contributed by atoms with Gasteiger partial charge >= 0.3 is 0 Å². The zero-order chi connectivity index (χ0) is 12.7. The molecule has 0 spiro atoms. The molecule has 0 aliphatic carbocycles. The summed E-state index contributed by atoms with van der Waals surface area (Å²) in [7, 11) is -3.28. The van der Waals surface area contributed by atoms with Crippen LogP contribution in [0, 0.1) is 0 Å². The molecule has 1 fully saturated rings. The van der Waals surface area contributed by atoms with Crippen LogP contribution in [0.4, 0.5) is 0 Å². The first kappa shape index (κ1) is 14.4. The second-order valence-corrected chi connectivity index (χ2v) is 5.60. The van der Waals surface area contributed by atoms with Gasteiger partial charge in [-0.15, -0.1) is 0 Å². The molecular weight excluding hydrogens is 246 g/mol.